The third-order valence-corrected chi connectivity index (χ3v) is 13.1. The number of amides is 3. The number of rotatable bonds is 16. The number of likely N-dealkylation sites (tertiary alicyclic amines) is 1. The van der Waals surface area contributed by atoms with Crippen LogP contribution in [0.4, 0.5) is 9.18 Å². The highest BCUT2D eigenvalue weighted by molar-refractivity contribution is 7.91. The van der Waals surface area contributed by atoms with Crippen molar-refractivity contribution in [3.63, 3.8) is 0 Å². The van der Waals surface area contributed by atoms with Crippen molar-refractivity contribution in [3.8, 4) is 11.4 Å². The second-order valence-corrected chi connectivity index (χ2v) is 19.6. The number of nitrogens with one attached hydrogen (secondary N) is 2. The molecule has 15 nitrogen and oxygen atoms in total. The van der Waals surface area contributed by atoms with E-state index < -0.39 is 56.6 Å². The van der Waals surface area contributed by atoms with E-state index in [0.717, 1.165) is 51.0 Å². The number of sulfonamides is 1. The number of fused-ring (bicyclic) bond motifs is 3. The highest BCUT2D eigenvalue weighted by Crippen LogP contribution is 2.45. The van der Waals surface area contributed by atoms with Crippen LogP contribution in [0.2, 0.25) is 0 Å². The highest BCUT2D eigenvalue weighted by atomic mass is 32.2. The van der Waals surface area contributed by atoms with Crippen molar-refractivity contribution in [2.45, 2.75) is 108 Å². The van der Waals surface area contributed by atoms with E-state index in [4.69, 9.17) is 25.2 Å². The third-order valence-electron chi connectivity index (χ3n) is 10.2. The number of benzene rings is 1. The zero-order valence-corrected chi connectivity index (χ0v) is 36.5. The minimum atomic E-state index is -3.90. The molecule has 0 bridgehead atoms. The van der Waals surface area contributed by atoms with Gasteiger partial charge in [0.1, 0.15) is 28.3 Å². The van der Waals surface area contributed by atoms with E-state index in [9.17, 15) is 32.0 Å². The van der Waals surface area contributed by atoms with Crippen LogP contribution >= 0.6 is 11.3 Å². The normalized spacial score (nSPS) is 17.8. The number of halogens is 1. The molecular formula is C43H54FN7O8S2. The number of Topliss-reactive ketones (excluding diaryl/α,β-unsaturated/α-hetero) is 1. The number of thiophene rings is 1. The summed E-state index contributed by atoms with van der Waals surface area (Å²) in [5, 5.41) is 2.90. The quantitative estimate of drug-likeness (QED) is 0.0680. The SMILES string of the molecule is CC(/C=C\CCCOC[C@H](NC(=O)OC(C)(C)C)C(=O)N1CCCC1C(=O)C(=O)NS(=O)(=O)C1CC1)CN.Fc1cccc(-c2nc(C3CC3)c3sc4ncccc4c3n2)c1. The Morgan fingerprint density at radius 2 is 1.85 bits per heavy atom. The molecule has 2 saturated carbocycles. The summed E-state index contributed by atoms with van der Waals surface area (Å²) in [5.41, 5.74) is 7.54. The summed E-state index contributed by atoms with van der Waals surface area (Å²) in [5.74, 6) is -1.76. The lowest BCUT2D eigenvalue weighted by Gasteiger charge is -2.29. The fourth-order valence-electron chi connectivity index (χ4n) is 6.72. The van der Waals surface area contributed by atoms with Crippen molar-refractivity contribution in [2.75, 3.05) is 26.3 Å². The number of ether oxygens (including phenoxy) is 2. The number of alkyl carbamates (subject to hydrolysis) is 1. The van der Waals surface area contributed by atoms with Gasteiger partial charge in [0.2, 0.25) is 21.7 Å². The number of ketones is 1. The summed E-state index contributed by atoms with van der Waals surface area (Å²) in [6.45, 7) is 7.95. The van der Waals surface area contributed by atoms with Gasteiger partial charge < -0.3 is 25.4 Å². The van der Waals surface area contributed by atoms with Crippen LogP contribution in [0.3, 0.4) is 0 Å². The maximum absolute atomic E-state index is 13.6. The molecule has 1 saturated heterocycles. The molecule has 2 aliphatic carbocycles. The molecule has 3 fully saturated rings. The van der Waals surface area contributed by atoms with Crippen LogP contribution in [-0.4, -0.2) is 101 Å². The molecule has 1 aliphatic heterocycles. The van der Waals surface area contributed by atoms with Gasteiger partial charge in [0.05, 0.1) is 27.8 Å². The van der Waals surface area contributed by atoms with Gasteiger partial charge in [-0.15, -0.1) is 11.3 Å². The fourth-order valence-corrected chi connectivity index (χ4v) is 9.16. The second-order valence-electron chi connectivity index (χ2n) is 16.6. The Hall–Kier alpha value is -4.91. The number of carbonyl (C=O) groups excluding carboxylic acids is 4. The molecule has 328 valence electrons. The standard InChI is InChI=1S/C25H42N4O8S.C18H12FN3S/c1-17(15-26)9-6-5-7-14-36-16-19(27-24(33)37-25(2,3)4)23(32)29-13-8-10-20(29)21(30)22(31)28-38(34,35)18-11-12-18;19-12-4-1-3-11(9-12)17-21-14(10-6-7-10)16-15(22-17)13-5-2-8-20-18(13)23-16/h6,9,17-20H,5,7-8,10-16,26H2,1-4H3,(H,27,33)(H,28,31);1-5,8-10H,6-7H2/b9-6-;/t17?,19-,20?;/m0./s1. The molecular weight excluding hydrogens is 826 g/mol. The average molecular weight is 880 g/mol. The van der Waals surface area contributed by atoms with Crippen molar-refractivity contribution < 1.29 is 41.5 Å². The van der Waals surface area contributed by atoms with E-state index in [0.29, 0.717) is 50.6 Å². The Kier molecular flexibility index (Phi) is 14.8. The molecule has 61 heavy (non-hydrogen) atoms. The van der Waals surface area contributed by atoms with Crippen molar-refractivity contribution >= 4 is 65.5 Å². The summed E-state index contributed by atoms with van der Waals surface area (Å²) in [6.07, 6.45) is 10.3. The molecule has 1 aromatic carbocycles. The van der Waals surface area contributed by atoms with Gasteiger partial charge in [-0.05, 0) is 109 Å². The molecule has 3 amide bonds. The molecule has 4 heterocycles. The van der Waals surface area contributed by atoms with Crippen molar-refractivity contribution in [3.05, 3.63) is 66.3 Å². The van der Waals surface area contributed by atoms with E-state index in [1.54, 1.807) is 44.4 Å². The minimum Gasteiger partial charge on any atom is -0.444 e. The van der Waals surface area contributed by atoms with Gasteiger partial charge in [-0.3, -0.25) is 14.4 Å². The van der Waals surface area contributed by atoms with Gasteiger partial charge in [-0.1, -0.05) is 31.2 Å². The first-order valence-electron chi connectivity index (χ1n) is 20.7. The molecule has 3 aromatic heterocycles. The summed E-state index contributed by atoms with van der Waals surface area (Å²) in [6, 6.07) is 8.16. The summed E-state index contributed by atoms with van der Waals surface area (Å²) < 4.78 is 51.6. The van der Waals surface area contributed by atoms with E-state index in [1.807, 2.05) is 42.0 Å². The molecule has 0 radical (unpaired) electrons. The maximum Gasteiger partial charge on any atom is 0.408 e. The van der Waals surface area contributed by atoms with E-state index in [-0.39, 0.29) is 31.3 Å². The van der Waals surface area contributed by atoms with Crippen LogP contribution in [0.25, 0.3) is 31.8 Å². The number of hydrogen-bond donors (Lipinski definition) is 3. The van der Waals surface area contributed by atoms with E-state index >= 15 is 0 Å². The van der Waals surface area contributed by atoms with Gasteiger partial charge in [-0.25, -0.2) is 37.3 Å². The van der Waals surface area contributed by atoms with Gasteiger partial charge in [0, 0.05) is 36.2 Å². The average Bonchev–Trinajstić information content (AvgIpc) is 4.16. The minimum absolute atomic E-state index is 0.166. The van der Waals surface area contributed by atoms with Gasteiger partial charge in [0.15, 0.2) is 5.82 Å². The fraction of sp³-hybridized carbons (Fsp3) is 0.512. The predicted molar refractivity (Wildman–Crippen MR) is 230 cm³/mol. The molecule has 4 aromatic rings. The number of hydrogen-bond acceptors (Lipinski definition) is 13. The highest BCUT2D eigenvalue weighted by Gasteiger charge is 2.43. The van der Waals surface area contributed by atoms with Crippen LogP contribution < -0.4 is 15.8 Å². The predicted octanol–water partition coefficient (Wildman–Crippen LogP) is 5.92. The largest absolute Gasteiger partial charge is 0.444 e. The van der Waals surface area contributed by atoms with Gasteiger partial charge in [0.25, 0.3) is 0 Å². The zero-order valence-electron chi connectivity index (χ0n) is 34.9. The Balaban J connectivity index is 0.000000227. The summed E-state index contributed by atoms with van der Waals surface area (Å²) in [7, 11) is -3.90. The molecule has 0 spiro atoms. The first-order chi connectivity index (χ1) is 29.0. The third kappa shape index (κ3) is 12.4. The van der Waals surface area contributed by atoms with Crippen LogP contribution in [0.5, 0.6) is 0 Å². The summed E-state index contributed by atoms with van der Waals surface area (Å²) in [4.78, 5) is 67.2. The van der Waals surface area contributed by atoms with E-state index in [2.05, 4.69) is 10.3 Å². The lowest BCUT2D eigenvalue weighted by Crippen LogP contribution is -2.56. The van der Waals surface area contributed by atoms with E-state index in [1.165, 1.54) is 17.0 Å². The molecule has 2 unspecified atom stereocenters. The Morgan fingerprint density at radius 3 is 2.54 bits per heavy atom. The second kappa shape index (κ2) is 19.9. The number of pyridine rings is 1. The van der Waals surface area contributed by atoms with Gasteiger partial charge >= 0.3 is 12.0 Å². The maximum atomic E-state index is 13.6. The topological polar surface area (TPSA) is 213 Å². The molecule has 7 rings (SSSR count). The Labute approximate surface area is 359 Å². The zero-order chi connectivity index (χ0) is 43.9. The lowest BCUT2D eigenvalue weighted by atomic mass is 10.1. The lowest BCUT2D eigenvalue weighted by molar-refractivity contribution is -0.145. The Bertz CT molecular complexity index is 2380. The summed E-state index contributed by atoms with van der Waals surface area (Å²) >= 11 is 1.65. The van der Waals surface area contributed by atoms with Crippen LogP contribution in [0.1, 0.15) is 90.7 Å². The van der Waals surface area contributed by atoms with Crippen molar-refractivity contribution in [1.82, 2.24) is 29.9 Å². The Morgan fingerprint density at radius 1 is 1.08 bits per heavy atom. The first-order valence-corrected chi connectivity index (χ1v) is 23.1. The molecule has 3 aliphatic rings. The van der Waals surface area contributed by atoms with Crippen LogP contribution in [0, 0.1) is 11.7 Å². The van der Waals surface area contributed by atoms with Crippen LogP contribution in [-0.2, 0) is 33.9 Å². The number of aromatic nitrogens is 3. The first kappa shape index (κ1) is 45.6. The molecule has 18 heteroatoms. The van der Waals surface area contributed by atoms with Crippen molar-refractivity contribution in [2.24, 2.45) is 11.7 Å². The smallest absolute Gasteiger partial charge is 0.408 e. The number of carbonyl (C=O) groups is 4. The molecule has 3 atom stereocenters. The van der Waals surface area contributed by atoms with Crippen molar-refractivity contribution in [1.29, 1.82) is 0 Å². The number of nitrogens with two attached hydrogens (primary N) is 1. The number of unbranched alkanes of at least 4 members (excludes halogenated alkanes) is 1. The number of nitrogens with zero attached hydrogens (tertiary/aromatic N) is 4. The monoisotopic (exact) mass is 879 g/mol. The van der Waals surface area contributed by atoms with Gasteiger partial charge in [-0.2, -0.15) is 0 Å². The van der Waals surface area contributed by atoms with Crippen LogP contribution in [0.15, 0.2) is 54.7 Å². The number of allylic oxidation sites excluding steroid dienone is 1. The molecule has 4 N–H and O–H groups in total.